The molecule has 0 spiro atoms. The Labute approximate surface area is 283 Å². The first-order valence-corrected chi connectivity index (χ1v) is 16.3. The van der Waals surface area contributed by atoms with Gasteiger partial charge in [-0.25, -0.2) is 9.97 Å². The lowest BCUT2D eigenvalue weighted by Gasteiger charge is -2.17. The van der Waals surface area contributed by atoms with Crippen LogP contribution in [0.2, 0.25) is 0 Å². The molecule has 230 valence electrons. The number of para-hydroxylation sites is 1. The third-order valence-electron chi connectivity index (χ3n) is 9.13. The van der Waals surface area contributed by atoms with E-state index in [1.165, 1.54) is 10.8 Å². The zero-order valence-electron chi connectivity index (χ0n) is 26.4. The zero-order valence-corrected chi connectivity index (χ0v) is 26.4. The molecule has 1 aromatic heterocycles. The number of benzene rings is 7. The van der Waals surface area contributed by atoms with E-state index in [-0.39, 0.29) is 0 Å². The van der Waals surface area contributed by atoms with Gasteiger partial charge in [0.2, 0.25) is 0 Å². The summed E-state index contributed by atoms with van der Waals surface area (Å²) < 4.78 is 0. The van der Waals surface area contributed by atoms with Gasteiger partial charge < -0.3 is 0 Å². The quantitative estimate of drug-likeness (QED) is 0.186. The van der Waals surface area contributed by atoms with Gasteiger partial charge in [0.25, 0.3) is 0 Å². The second-order valence-corrected chi connectivity index (χ2v) is 12.2. The molecule has 0 saturated heterocycles. The van der Waals surface area contributed by atoms with Gasteiger partial charge in [-0.3, -0.25) is 10.8 Å². The van der Waals surface area contributed by atoms with Crippen LogP contribution in [-0.2, 0) is 0 Å². The average molecular weight is 628 g/mol. The normalized spacial score (nSPS) is 13.3. The molecule has 0 saturated carbocycles. The minimum Gasteiger partial charge on any atom is -0.298 e. The number of nitrogens with one attached hydrogen (secondary N) is 2. The molecule has 9 rings (SSSR count). The van der Waals surface area contributed by atoms with E-state index >= 15 is 0 Å². The van der Waals surface area contributed by atoms with Crippen LogP contribution in [0.3, 0.4) is 0 Å². The van der Waals surface area contributed by atoms with E-state index in [9.17, 15) is 5.41 Å². The molecule has 0 amide bonds. The van der Waals surface area contributed by atoms with Crippen molar-refractivity contribution >= 4 is 55.5 Å². The number of hydrogen-bond donors (Lipinski definition) is 2. The molecule has 0 fully saturated rings. The van der Waals surface area contributed by atoms with E-state index in [0.717, 1.165) is 66.4 Å². The summed E-state index contributed by atoms with van der Waals surface area (Å²) in [4.78, 5) is 10.3. The topological polar surface area (TPSA) is 74.0 Å². The second-order valence-electron chi connectivity index (χ2n) is 12.2. The minimum absolute atomic E-state index is 0.367. The Kier molecular flexibility index (Phi) is 6.87. The first kappa shape index (κ1) is 28.5. The van der Waals surface area contributed by atoms with E-state index in [2.05, 4.69) is 132 Å². The molecule has 5 heteroatoms. The monoisotopic (exact) mass is 627 g/mol. The first-order chi connectivity index (χ1) is 24.2. The second kappa shape index (κ2) is 11.8. The van der Waals surface area contributed by atoms with Crippen LogP contribution in [0, 0.1) is 5.41 Å². The van der Waals surface area contributed by atoms with E-state index in [0.29, 0.717) is 17.2 Å². The highest BCUT2D eigenvalue weighted by Crippen LogP contribution is 2.34. The van der Waals surface area contributed by atoms with Crippen LogP contribution < -0.4 is 5.43 Å². The summed E-state index contributed by atoms with van der Waals surface area (Å²) in [6.07, 6.45) is 3.92. The lowest BCUT2D eigenvalue weighted by molar-refractivity contribution is 1.19. The Morgan fingerprint density at radius 2 is 1.06 bits per heavy atom. The van der Waals surface area contributed by atoms with Crippen molar-refractivity contribution < 1.29 is 0 Å². The number of rotatable bonds is 5. The molecule has 0 bridgehead atoms. The lowest BCUT2D eigenvalue weighted by Crippen LogP contribution is -2.18. The minimum atomic E-state index is 0.367. The van der Waals surface area contributed by atoms with Crippen molar-refractivity contribution in [2.24, 2.45) is 5.10 Å². The van der Waals surface area contributed by atoms with E-state index in [1.807, 2.05) is 42.5 Å². The third kappa shape index (κ3) is 5.33. The molecule has 1 aliphatic carbocycles. The van der Waals surface area contributed by atoms with Crippen LogP contribution >= 0.6 is 0 Å². The van der Waals surface area contributed by atoms with Crippen molar-refractivity contribution in [1.29, 1.82) is 5.41 Å². The van der Waals surface area contributed by atoms with Crippen molar-refractivity contribution in [3.05, 3.63) is 169 Å². The fourth-order valence-electron chi connectivity index (χ4n) is 6.57. The van der Waals surface area contributed by atoms with E-state index in [4.69, 9.17) is 9.97 Å². The summed E-state index contributed by atoms with van der Waals surface area (Å²) in [6, 6.07) is 52.0. The molecule has 0 aliphatic heterocycles. The van der Waals surface area contributed by atoms with Gasteiger partial charge in [0.1, 0.15) is 5.71 Å². The van der Waals surface area contributed by atoms with Gasteiger partial charge >= 0.3 is 0 Å². The SMILES string of the molecule is N=C1/C(=N\Nc2ccccc2)C=Cc2ccc3ccc(-c4nc(-c5ccc6ccccc6c5)cc(-c5ccc6ccccc6c5)n4)cc3c21. The number of fused-ring (bicyclic) bond motifs is 5. The summed E-state index contributed by atoms with van der Waals surface area (Å²) in [5.74, 6) is 0.630. The molecule has 0 radical (unpaired) electrons. The first-order valence-electron chi connectivity index (χ1n) is 16.3. The van der Waals surface area contributed by atoms with Crippen LogP contribution in [0.4, 0.5) is 5.69 Å². The average Bonchev–Trinajstić information content (AvgIpc) is 3.17. The third-order valence-corrected chi connectivity index (χ3v) is 9.13. The van der Waals surface area contributed by atoms with Gasteiger partial charge in [0, 0.05) is 22.3 Å². The van der Waals surface area contributed by atoms with Gasteiger partial charge in [-0.05, 0) is 80.4 Å². The number of anilines is 1. The molecule has 0 atom stereocenters. The summed E-state index contributed by atoms with van der Waals surface area (Å²) >= 11 is 0. The van der Waals surface area contributed by atoms with Gasteiger partial charge in [-0.2, -0.15) is 5.10 Å². The Balaban J connectivity index is 1.19. The summed E-state index contributed by atoms with van der Waals surface area (Å²) in [7, 11) is 0. The summed E-state index contributed by atoms with van der Waals surface area (Å²) in [5.41, 5.74) is 11.4. The van der Waals surface area contributed by atoms with Gasteiger partial charge in [-0.15, -0.1) is 0 Å². The largest absolute Gasteiger partial charge is 0.298 e. The lowest BCUT2D eigenvalue weighted by atomic mass is 9.88. The number of aromatic nitrogens is 2. The maximum atomic E-state index is 9.22. The maximum Gasteiger partial charge on any atom is 0.160 e. The molecule has 49 heavy (non-hydrogen) atoms. The fraction of sp³-hybridized carbons (Fsp3) is 0. The van der Waals surface area contributed by atoms with Crippen LogP contribution in [0.1, 0.15) is 11.1 Å². The smallest absolute Gasteiger partial charge is 0.160 e. The molecule has 7 aromatic carbocycles. The van der Waals surface area contributed by atoms with Crippen molar-refractivity contribution in [2.45, 2.75) is 0 Å². The molecule has 1 aliphatic rings. The van der Waals surface area contributed by atoms with Crippen molar-refractivity contribution in [3.63, 3.8) is 0 Å². The van der Waals surface area contributed by atoms with E-state index in [1.54, 1.807) is 0 Å². The number of hydrogen-bond acceptors (Lipinski definition) is 5. The molecule has 5 nitrogen and oxygen atoms in total. The molecule has 0 unspecified atom stereocenters. The predicted octanol–water partition coefficient (Wildman–Crippen LogP) is 10.8. The van der Waals surface area contributed by atoms with Gasteiger partial charge in [0.05, 0.1) is 22.8 Å². The molecule has 2 N–H and O–H groups in total. The van der Waals surface area contributed by atoms with Crippen molar-refractivity contribution in [3.8, 4) is 33.9 Å². The Bertz CT molecular complexity index is 2560. The molecular weight excluding hydrogens is 599 g/mol. The molecule has 1 heterocycles. The number of nitrogens with zero attached hydrogens (tertiary/aromatic N) is 3. The van der Waals surface area contributed by atoms with Crippen LogP contribution in [-0.4, -0.2) is 21.4 Å². The fourth-order valence-corrected chi connectivity index (χ4v) is 6.57. The van der Waals surface area contributed by atoms with Crippen LogP contribution in [0.25, 0.3) is 72.3 Å². The summed E-state index contributed by atoms with van der Waals surface area (Å²) in [6.45, 7) is 0. The van der Waals surface area contributed by atoms with Crippen molar-refractivity contribution in [1.82, 2.24) is 9.97 Å². The Morgan fingerprint density at radius 1 is 0.490 bits per heavy atom. The Morgan fingerprint density at radius 3 is 1.73 bits per heavy atom. The zero-order chi connectivity index (χ0) is 32.7. The van der Waals surface area contributed by atoms with Crippen LogP contribution in [0.5, 0.6) is 0 Å². The maximum absolute atomic E-state index is 9.22. The highest BCUT2D eigenvalue weighted by atomic mass is 15.3. The van der Waals surface area contributed by atoms with Gasteiger partial charge in [-0.1, -0.05) is 121 Å². The Hall–Kier alpha value is -6.72. The number of hydrazone groups is 1. The standard InChI is InChI=1S/C44H29N5/c45-43-39(49-48-37-12-2-1-3-13-37)23-22-31-18-16-30-17-21-36(26-38(30)42(31)43)44-46-40(34-19-14-28-8-4-6-10-32(28)24-34)27-41(47-44)35-20-15-29-9-5-7-11-33(29)25-35/h1-27,45,48H/b45-43?,49-39-. The highest BCUT2D eigenvalue weighted by Gasteiger charge is 2.20. The predicted molar refractivity (Wildman–Crippen MR) is 204 cm³/mol. The molecule has 8 aromatic rings. The van der Waals surface area contributed by atoms with Gasteiger partial charge in [0.15, 0.2) is 5.82 Å². The highest BCUT2D eigenvalue weighted by molar-refractivity contribution is 6.55. The van der Waals surface area contributed by atoms with Crippen LogP contribution in [0.15, 0.2) is 163 Å². The van der Waals surface area contributed by atoms with Crippen molar-refractivity contribution in [2.75, 3.05) is 5.43 Å². The molecular formula is C44H29N5. The number of allylic oxidation sites excluding steroid dienone is 1. The van der Waals surface area contributed by atoms with E-state index < -0.39 is 0 Å². The summed E-state index contributed by atoms with van der Waals surface area (Å²) in [5, 5.41) is 20.5.